The molecule has 3 heteroatoms. The molecule has 1 amide bonds. The summed E-state index contributed by atoms with van der Waals surface area (Å²) in [5, 5.41) is 0. The van der Waals surface area contributed by atoms with Crippen molar-refractivity contribution < 1.29 is 9.53 Å². The second kappa shape index (κ2) is 6.28. The van der Waals surface area contributed by atoms with Crippen LogP contribution in [-0.2, 0) is 9.53 Å². The van der Waals surface area contributed by atoms with Gasteiger partial charge in [0, 0.05) is 19.8 Å². The standard InChI is InChI=1S/C13H19NO2/c1-4-8-12(16-3)13(15)14(2)11-9-6-5-7-10-11/h5-7,9-10,12H,4,8H2,1-3H3. The van der Waals surface area contributed by atoms with E-state index in [1.807, 2.05) is 37.3 Å². The maximum atomic E-state index is 12.1. The molecule has 1 rings (SSSR count). The van der Waals surface area contributed by atoms with Crippen LogP contribution in [0.2, 0.25) is 0 Å². The summed E-state index contributed by atoms with van der Waals surface area (Å²) in [5.74, 6) is 0.00977. The lowest BCUT2D eigenvalue weighted by Crippen LogP contribution is -2.37. The van der Waals surface area contributed by atoms with Gasteiger partial charge in [-0.1, -0.05) is 31.5 Å². The Morgan fingerprint density at radius 2 is 2.00 bits per heavy atom. The van der Waals surface area contributed by atoms with Gasteiger partial charge in [-0.2, -0.15) is 0 Å². The smallest absolute Gasteiger partial charge is 0.255 e. The minimum atomic E-state index is -0.338. The second-order valence-corrected chi connectivity index (χ2v) is 3.75. The normalized spacial score (nSPS) is 12.2. The summed E-state index contributed by atoms with van der Waals surface area (Å²) in [7, 11) is 3.36. The predicted molar refractivity (Wildman–Crippen MR) is 65.6 cm³/mol. The van der Waals surface area contributed by atoms with E-state index in [-0.39, 0.29) is 12.0 Å². The van der Waals surface area contributed by atoms with Gasteiger partial charge in [-0.15, -0.1) is 0 Å². The summed E-state index contributed by atoms with van der Waals surface area (Å²) in [4.78, 5) is 13.7. The monoisotopic (exact) mass is 221 g/mol. The fourth-order valence-corrected chi connectivity index (χ4v) is 1.60. The third-order valence-electron chi connectivity index (χ3n) is 2.58. The van der Waals surface area contributed by atoms with Gasteiger partial charge in [0.1, 0.15) is 6.10 Å². The van der Waals surface area contributed by atoms with Crippen LogP contribution in [-0.4, -0.2) is 26.2 Å². The number of carbonyl (C=O) groups excluding carboxylic acids is 1. The van der Waals surface area contributed by atoms with Gasteiger partial charge in [0.15, 0.2) is 0 Å². The largest absolute Gasteiger partial charge is 0.372 e. The fourth-order valence-electron chi connectivity index (χ4n) is 1.60. The maximum Gasteiger partial charge on any atom is 0.255 e. The first-order valence-corrected chi connectivity index (χ1v) is 5.56. The van der Waals surface area contributed by atoms with Gasteiger partial charge in [-0.3, -0.25) is 4.79 Å². The van der Waals surface area contributed by atoms with Crippen LogP contribution < -0.4 is 4.90 Å². The van der Waals surface area contributed by atoms with Gasteiger partial charge in [0.2, 0.25) is 0 Å². The Bertz CT molecular complexity index is 324. The van der Waals surface area contributed by atoms with E-state index in [9.17, 15) is 4.79 Å². The van der Waals surface area contributed by atoms with E-state index < -0.39 is 0 Å². The van der Waals surface area contributed by atoms with Crippen LogP contribution in [0.1, 0.15) is 19.8 Å². The molecule has 0 aliphatic heterocycles. The molecule has 16 heavy (non-hydrogen) atoms. The number of amides is 1. The fraction of sp³-hybridized carbons (Fsp3) is 0.462. The molecule has 0 aliphatic rings. The molecule has 0 spiro atoms. The minimum absolute atomic E-state index is 0.00977. The zero-order chi connectivity index (χ0) is 12.0. The van der Waals surface area contributed by atoms with E-state index in [0.29, 0.717) is 0 Å². The topological polar surface area (TPSA) is 29.5 Å². The number of rotatable bonds is 5. The van der Waals surface area contributed by atoms with Crippen LogP contribution in [0.5, 0.6) is 0 Å². The first kappa shape index (κ1) is 12.7. The van der Waals surface area contributed by atoms with E-state index in [0.717, 1.165) is 18.5 Å². The van der Waals surface area contributed by atoms with E-state index >= 15 is 0 Å². The lowest BCUT2D eigenvalue weighted by atomic mass is 10.2. The van der Waals surface area contributed by atoms with Crippen LogP contribution >= 0.6 is 0 Å². The summed E-state index contributed by atoms with van der Waals surface area (Å²) < 4.78 is 5.20. The lowest BCUT2D eigenvalue weighted by Gasteiger charge is -2.22. The maximum absolute atomic E-state index is 12.1. The Balaban J connectivity index is 2.73. The quantitative estimate of drug-likeness (QED) is 0.764. The number of ether oxygens (including phenoxy) is 1. The van der Waals surface area contributed by atoms with Gasteiger partial charge in [0.25, 0.3) is 5.91 Å². The first-order chi connectivity index (χ1) is 7.70. The van der Waals surface area contributed by atoms with E-state index in [1.165, 1.54) is 0 Å². The van der Waals surface area contributed by atoms with Gasteiger partial charge >= 0.3 is 0 Å². The summed E-state index contributed by atoms with van der Waals surface area (Å²) in [6, 6.07) is 9.59. The lowest BCUT2D eigenvalue weighted by molar-refractivity contribution is -0.128. The molecule has 1 aromatic rings. The molecule has 0 saturated heterocycles. The molecule has 3 nitrogen and oxygen atoms in total. The molecule has 1 aromatic carbocycles. The van der Waals surface area contributed by atoms with E-state index in [4.69, 9.17) is 4.74 Å². The van der Waals surface area contributed by atoms with Crippen LogP contribution in [0.3, 0.4) is 0 Å². The van der Waals surface area contributed by atoms with Crippen molar-refractivity contribution in [3.8, 4) is 0 Å². The average Bonchev–Trinajstić information content (AvgIpc) is 2.35. The van der Waals surface area contributed by atoms with Crippen molar-refractivity contribution >= 4 is 11.6 Å². The number of para-hydroxylation sites is 1. The second-order valence-electron chi connectivity index (χ2n) is 3.75. The third-order valence-corrected chi connectivity index (χ3v) is 2.58. The number of hydrogen-bond acceptors (Lipinski definition) is 2. The van der Waals surface area contributed by atoms with Gasteiger partial charge in [0.05, 0.1) is 0 Å². The zero-order valence-corrected chi connectivity index (χ0v) is 10.1. The Kier molecular flexibility index (Phi) is 4.99. The highest BCUT2D eigenvalue weighted by atomic mass is 16.5. The van der Waals surface area contributed by atoms with Crippen molar-refractivity contribution in [1.82, 2.24) is 0 Å². The molecular formula is C13H19NO2. The molecular weight excluding hydrogens is 202 g/mol. The molecule has 0 radical (unpaired) electrons. The molecule has 1 unspecified atom stereocenters. The van der Waals surface area contributed by atoms with Crippen molar-refractivity contribution in [2.24, 2.45) is 0 Å². The molecule has 88 valence electrons. The molecule has 1 atom stereocenters. The van der Waals surface area contributed by atoms with Crippen molar-refractivity contribution in [3.63, 3.8) is 0 Å². The number of hydrogen-bond donors (Lipinski definition) is 0. The number of nitrogens with zero attached hydrogens (tertiary/aromatic N) is 1. The summed E-state index contributed by atoms with van der Waals surface area (Å²) in [6.45, 7) is 2.04. The van der Waals surface area contributed by atoms with Gasteiger partial charge in [-0.05, 0) is 18.6 Å². The Morgan fingerprint density at radius 3 is 2.50 bits per heavy atom. The zero-order valence-electron chi connectivity index (χ0n) is 10.1. The molecule has 0 aliphatic carbocycles. The predicted octanol–water partition coefficient (Wildman–Crippen LogP) is 2.46. The molecule has 0 saturated carbocycles. The highest BCUT2D eigenvalue weighted by Gasteiger charge is 2.21. The number of carbonyl (C=O) groups is 1. The SMILES string of the molecule is CCCC(OC)C(=O)N(C)c1ccccc1. The minimum Gasteiger partial charge on any atom is -0.372 e. The van der Waals surface area contributed by atoms with Gasteiger partial charge < -0.3 is 9.64 Å². The molecule has 0 aromatic heterocycles. The molecule has 0 fully saturated rings. The van der Waals surface area contributed by atoms with Crippen LogP contribution in [0.15, 0.2) is 30.3 Å². The van der Waals surface area contributed by atoms with Crippen molar-refractivity contribution in [1.29, 1.82) is 0 Å². The molecule has 0 bridgehead atoms. The van der Waals surface area contributed by atoms with Crippen LogP contribution in [0.4, 0.5) is 5.69 Å². The van der Waals surface area contributed by atoms with Crippen molar-refractivity contribution in [3.05, 3.63) is 30.3 Å². The number of methoxy groups -OCH3 is 1. The van der Waals surface area contributed by atoms with Crippen LogP contribution in [0.25, 0.3) is 0 Å². The Hall–Kier alpha value is -1.35. The van der Waals surface area contributed by atoms with E-state index in [2.05, 4.69) is 0 Å². The average molecular weight is 221 g/mol. The van der Waals surface area contributed by atoms with Crippen molar-refractivity contribution in [2.75, 3.05) is 19.1 Å². The van der Waals surface area contributed by atoms with Crippen molar-refractivity contribution in [2.45, 2.75) is 25.9 Å². The summed E-state index contributed by atoms with van der Waals surface area (Å²) >= 11 is 0. The van der Waals surface area contributed by atoms with Crippen LogP contribution in [0, 0.1) is 0 Å². The Morgan fingerprint density at radius 1 is 1.38 bits per heavy atom. The highest BCUT2D eigenvalue weighted by Crippen LogP contribution is 2.14. The number of likely N-dealkylation sites (N-methyl/N-ethyl adjacent to an activating group) is 1. The number of anilines is 1. The van der Waals surface area contributed by atoms with E-state index in [1.54, 1.807) is 19.1 Å². The number of benzene rings is 1. The first-order valence-electron chi connectivity index (χ1n) is 5.56. The summed E-state index contributed by atoms with van der Waals surface area (Å²) in [6.07, 6.45) is 1.36. The highest BCUT2D eigenvalue weighted by molar-refractivity contribution is 5.96. The van der Waals surface area contributed by atoms with Gasteiger partial charge in [-0.25, -0.2) is 0 Å². The third kappa shape index (κ3) is 3.07. The molecule has 0 heterocycles. The molecule has 0 N–H and O–H groups in total. The summed E-state index contributed by atoms with van der Waals surface area (Å²) in [5.41, 5.74) is 0.894. The Labute approximate surface area is 97.0 Å².